The number of esters is 2. The Hall–Kier alpha value is -2.64. The number of ether oxygens (including phenoxy) is 3. The number of hydrogen-bond acceptors (Lipinski definition) is 7. The molecule has 1 saturated carbocycles. The van der Waals surface area contributed by atoms with Gasteiger partial charge in [-0.15, -0.1) is 0 Å². The minimum atomic E-state index is -0.888. The van der Waals surface area contributed by atoms with Gasteiger partial charge in [-0.2, -0.15) is 0 Å². The van der Waals surface area contributed by atoms with E-state index < -0.39 is 23.9 Å². The van der Waals surface area contributed by atoms with Crippen LogP contribution in [0.5, 0.6) is 11.5 Å². The summed E-state index contributed by atoms with van der Waals surface area (Å²) in [6.45, 7) is 6.86. The van der Waals surface area contributed by atoms with Crippen molar-refractivity contribution in [2.24, 2.45) is 11.8 Å². The molecule has 8 nitrogen and oxygen atoms in total. The maximum Gasteiger partial charge on any atom is 0.328 e. The SMILES string of the molecule is COc1ccnc(C(=O)NC(C)C(=O)OC(C(C)C)C2CCCCC2)c1OC(C)=O. The Kier molecular flexibility index (Phi) is 8.62. The van der Waals surface area contributed by atoms with Gasteiger partial charge >= 0.3 is 11.9 Å². The first kappa shape index (κ1) is 23.6. The quantitative estimate of drug-likeness (QED) is 0.644. The van der Waals surface area contributed by atoms with E-state index in [9.17, 15) is 14.4 Å². The van der Waals surface area contributed by atoms with E-state index in [0.29, 0.717) is 5.92 Å². The molecule has 0 aromatic carbocycles. The molecule has 1 heterocycles. The summed E-state index contributed by atoms with van der Waals surface area (Å²) >= 11 is 0. The van der Waals surface area contributed by atoms with Crippen LogP contribution in [0.25, 0.3) is 0 Å². The van der Waals surface area contributed by atoms with Crippen molar-refractivity contribution in [1.29, 1.82) is 0 Å². The molecule has 1 aliphatic rings. The van der Waals surface area contributed by atoms with Crippen molar-refractivity contribution in [2.45, 2.75) is 71.9 Å². The molecule has 1 N–H and O–H groups in total. The Bertz CT molecular complexity index is 758. The number of nitrogens with zero attached hydrogens (tertiary/aromatic N) is 1. The molecule has 2 unspecified atom stereocenters. The monoisotopic (exact) mass is 420 g/mol. The molecule has 0 saturated heterocycles. The summed E-state index contributed by atoms with van der Waals surface area (Å²) in [6.07, 6.45) is 6.81. The highest BCUT2D eigenvalue weighted by atomic mass is 16.6. The Morgan fingerprint density at radius 3 is 2.37 bits per heavy atom. The van der Waals surface area contributed by atoms with Crippen LogP contribution in [0.4, 0.5) is 0 Å². The van der Waals surface area contributed by atoms with Crippen LogP contribution in [0.1, 0.15) is 70.3 Å². The molecule has 2 atom stereocenters. The van der Waals surface area contributed by atoms with Gasteiger partial charge in [-0.25, -0.2) is 9.78 Å². The number of hydrogen-bond donors (Lipinski definition) is 1. The highest BCUT2D eigenvalue weighted by molar-refractivity contribution is 5.98. The molecule has 1 aromatic heterocycles. The number of pyridine rings is 1. The second-order valence-electron chi connectivity index (χ2n) is 8.02. The second-order valence-corrected chi connectivity index (χ2v) is 8.02. The van der Waals surface area contributed by atoms with Crippen LogP contribution in [0.3, 0.4) is 0 Å². The van der Waals surface area contributed by atoms with Gasteiger partial charge in [0.15, 0.2) is 11.4 Å². The first-order valence-corrected chi connectivity index (χ1v) is 10.5. The van der Waals surface area contributed by atoms with E-state index in [0.717, 1.165) is 25.7 Å². The molecule has 30 heavy (non-hydrogen) atoms. The molecule has 1 fully saturated rings. The predicted octanol–water partition coefficient (Wildman–Crippen LogP) is 3.28. The van der Waals surface area contributed by atoms with E-state index in [4.69, 9.17) is 14.2 Å². The van der Waals surface area contributed by atoms with Crippen LogP contribution in [-0.4, -0.2) is 42.1 Å². The zero-order valence-corrected chi connectivity index (χ0v) is 18.4. The van der Waals surface area contributed by atoms with Gasteiger partial charge in [0.25, 0.3) is 5.91 Å². The normalized spacial score (nSPS) is 16.5. The lowest BCUT2D eigenvalue weighted by atomic mass is 9.81. The zero-order valence-electron chi connectivity index (χ0n) is 18.4. The summed E-state index contributed by atoms with van der Waals surface area (Å²) in [6, 6.07) is 0.588. The number of nitrogens with one attached hydrogen (secondary N) is 1. The van der Waals surface area contributed by atoms with Crippen LogP contribution >= 0.6 is 0 Å². The molecule has 166 valence electrons. The summed E-state index contributed by atoms with van der Waals surface area (Å²) in [4.78, 5) is 40.8. The second kappa shape index (κ2) is 10.9. The van der Waals surface area contributed by atoms with E-state index in [-0.39, 0.29) is 29.2 Å². The third-order valence-electron chi connectivity index (χ3n) is 5.27. The Morgan fingerprint density at radius 2 is 1.80 bits per heavy atom. The lowest BCUT2D eigenvalue weighted by Gasteiger charge is -2.33. The predicted molar refractivity (Wildman–Crippen MR) is 110 cm³/mol. The van der Waals surface area contributed by atoms with Crippen LogP contribution in [0.15, 0.2) is 12.3 Å². The zero-order chi connectivity index (χ0) is 22.3. The maximum absolute atomic E-state index is 12.7. The van der Waals surface area contributed by atoms with Gasteiger partial charge in [0, 0.05) is 19.2 Å². The topological polar surface area (TPSA) is 104 Å². The molecular weight excluding hydrogens is 388 g/mol. The number of carbonyl (C=O) groups is 3. The average molecular weight is 421 g/mol. The fourth-order valence-corrected chi connectivity index (χ4v) is 3.79. The van der Waals surface area contributed by atoms with Gasteiger partial charge in [0.2, 0.25) is 5.75 Å². The summed E-state index contributed by atoms with van der Waals surface area (Å²) in [5, 5.41) is 2.59. The summed E-state index contributed by atoms with van der Waals surface area (Å²) in [7, 11) is 1.39. The highest BCUT2D eigenvalue weighted by Crippen LogP contribution is 2.32. The molecule has 0 bridgehead atoms. The van der Waals surface area contributed by atoms with Gasteiger partial charge in [-0.1, -0.05) is 33.1 Å². The molecule has 0 spiro atoms. The van der Waals surface area contributed by atoms with Crippen molar-refractivity contribution >= 4 is 17.8 Å². The van der Waals surface area contributed by atoms with Gasteiger partial charge in [0.1, 0.15) is 12.1 Å². The number of carbonyl (C=O) groups excluding carboxylic acids is 3. The van der Waals surface area contributed by atoms with Crippen molar-refractivity contribution in [3.05, 3.63) is 18.0 Å². The van der Waals surface area contributed by atoms with Crippen LogP contribution in [0, 0.1) is 11.8 Å². The van der Waals surface area contributed by atoms with E-state index >= 15 is 0 Å². The Labute approximate surface area is 177 Å². The summed E-state index contributed by atoms with van der Waals surface area (Å²) in [5.41, 5.74) is -0.142. The van der Waals surface area contributed by atoms with Crippen LogP contribution in [-0.2, 0) is 14.3 Å². The van der Waals surface area contributed by atoms with Crippen molar-refractivity contribution in [3.8, 4) is 11.5 Å². The lowest BCUT2D eigenvalue weighted by Crippen LogP contribution is -2.43. The van der Waals surface area contributed by atoms with Crippen molar-refractivity contribution in [2.75, 3.05) is 7.11 Å². The fourth-order valence-electron chi connectivity index (χ4n) is 3.79. The van der Waals surface area contributed by atoms with Gasteiger partial charge in [-0.05, 0) is 31.6 Å². The molecule has 1 aromatic rings. The molecule has 8 heteroatoms. The van der Waals surface area contributed by atoms with E-state index in [1.807, 2.05) is 13.8 Å². The van der Waals surface area contributed by atoms with E-state index in [1.54, 1.807) is 6.92 Å². The molecule has 1 aliphatic carbocycles. The van der Waals surface area contributed by atoms with Crippen molar-refractivity contribution < 1.29 is 28.6 Å². The van der Waals surface area contributed by atoms with Crippen molar-refractivity contribution in [3.63, 3.8) is 0 Å². The maximum atomic E-state index is 12.7. The smallest absolute Gasteiger partial charge is 0.328 e. The fraction of sp³-hybridized carbons (Fsp3) is 0.636. The molecular formula is C22H32N2O6. The average Bonchev–Trinajstić information content (AvgIpc) is 2.71. The number of amides is 1. The molecule has 1 amide bonds. The number of methoxy groups -OCH3 is 1. The Morgan fingerprint density at radius 1 is 1.13 bits per heavy atom. The minimum Gasteiger partial charge on any atom is -0.493 e. The van der Waals surface area contributed by atoms with Gasteiger partial charge in [-0.3, -0.25) is 9.59 Å². The van der Waals surface area contributed by atoms with E-state index in [2.05, 4.69) is 10.3 Å². The standard InChI is InChI=1S/C22H32N2O6/c1-13(2)19(16-9-7-6-8-10-16)30-22(27)14(3)24-21(26)18-20(29-15(4)25)17(28-5)11-12-23-18/h11-14,16,19H,6-10H2,1-5H3,(H,24,26). The largest absolute Gasteiger partial charge is 0.493 e. The van der Waals surface area contributed by atoms with Crippen LogP contribution in [0.2, 0.25) is 0 Å². The summed E-state index contributed by atoms with van der Waals surface area (Å²) < 4.78 is 16.1. The number of aromatic nitrogens is 1. The highest BCUT2D eigenvalue weighted by Gasteiger charge is 2.32. The third kappa shape index (κ3) is 6.18. The number of rotatable bonds is 8. The first-order valence-electron chi connectivity index (χ1n) is 10.5. The Balaban J connectivity index is 2.09. The molecule has 0 radical (unpaired) electrons. The van der Waals surface area contributed by atoms with Crippen molar-refractivity contribution in [1.82, 2.24) is 10.3 Å². The molecule has 2 rings (SSSR count). The minimum absolute atomic E-state index is 0.0900. The van der Waals surface area contributed by atoms with E-state index in [1.165, 1.54) is 32.7 Å². The van der Waals surface area contributed by atoms with Gasteiger partial charge in [0.05, 0.1) is 7.11 Å². The van der Waals surface area contributed by atoms with Crippen LogP contribution < -0.4 is 14.8 Å². The first-order chi connectivity index (χ1) is 14.2. The third-order valence-corrected chi connectivity index (χ3v) is 5.27. The van der Waals surface area contributed by atoms with Gasteiger partial charge < -0.3 is 19.5 Å². The molecule has 0 aliphatic heterocycles. The summed E-state index contributed by atoms with van der Waals surface area (Å²) in [5.74, 6) is -1.13. The lowest BCUT2D eigenvalue weighted by molar-refractivity contribution is -0.157.